The van der Waals surface area contributed by atoms with E-state index in [1.807, 2.05) is 0 Å². The lowest BCUT2D eigenvalue weighted by molar-refractivity contribution is 1.49. The van der Waals surface area contributed by atoms with Gasteiger partial charge in [0.05, 0.1) is 0 Å². The van der Waals surface area contributed by atoms with E-state index in [2.05, 4.69) is 0 Å². The summed E-state index contributed by atoms with van der Waals surface area (Å²) in [7, 11) is 0. The molecule has 0 N–H and O–H groups in total. The van der Waals surface area contributed by atoms with Gasteiger partial charge in [-0.05, 0) is 0 Å². The molecule has 0 aliphatic rings. The summed E-state index contributed by atoms with van der Waals surface area (Å²) in [6.45, 7) is 0. The van der Waals surface area contributed by atoms with Gasteiger partial charge in [-0.2, -0.15) is 5.26 Å². The van der Waals surface area contributed by atoms with Crippen molar-refractivity contribution in [2.24, 2.45) is 0 Å². The number of hydrogen-bond donors (Lipinski definition) is 0. The molecule has 0 unspecified atom stereocenters. The van der Waals surface area contributed by atoms with Crippen LogP contribution in [0.5, 0.6) is 0 Å². The van der Waals surface area contributed by atoms with Crippen molar-refractivity contribution < 1.29 is 0 Å². The third-order valence-electron chi connectivity index (χ3n) is 0.250. The normalized spacial score (nSPS) is 10.6. The standard InChI is InChI=1S/C2H2Cl3NP/c3-7(4,5)2-1-6/h2H2/q+1. The Labute approximate surface area is 56.9 Å². The highest BCUT2D eigenvalue weighted by Crippen LogP contribution is 2.73. The van der Waals surface area contributed by atoms with Gasteiger partial charge in [-0.3, -0.25) is 0 Å². The Hall–Kier alpha value is 0.790. The summed E-state index contributed by atoms with van der Waals surface area (Å²) < 4.78 is 0. The van der Waals surface area contributed by atoms with Crippen molar-refractivity contribution in [2.75, 3.05) is 6.16 Å². The molecule has 0 aromatic carbocycles. The molecule has 1 nitrogen and oxygen atoms in total. The maximum absolute atomic E-state index is 7.93. The first kappa shape index (κ1) is 7.79. The topological polar surface area (TPSA) is 23.8 Å². The van der Waals surface area contributed by atoms with Gasteiger partial charge in [0.2, 0.25) is 0 Å². The highest BCUT2D eigenvalue weighted by atomic mass is 36.1. The molecule has 0 saturated carbocycles. The second kappa shape index (κ2) is 2.95. The third kappa shape index (κ3) is 6.79. The van der Waals surface area contributed by atoms with E-state index in [0.717, 1.165) is 0 Å². The van der Waals surface area contributed by atoms with Gasteiger partial charge in [0.15, 0.2) is 6.16 Å². The zero-order valence-corrected chi connectivity index (χ0v) is 6.40. The van der Waals surface area contributed by atoms with Crippen LogP contribution in [0.1, 0.15) is 0 Å². The van der Waals surface area contributed by atoms with Crippen LogP contribution in [0.3, 0.4) is 0 Å². The first-order valence-electron chi connectivity index (χ1n) is 1.40. The van der Waals surface area contributed by atoms with Gasteiger partial charge in [0, 0.05) is 0 Å². The SMILES string of the molecule is N#CC[P+](Cl)(Cl)Cl. The molecule has 0 atom stereocenters. The quantitative estimate of drug-likeness (QED) is 0.565. The minimum Gasteiger partial charge on any atom is -0.194 e. The van der Waals surface area contributed by atoms with E-state index >= 15 is 0 Å². The maximum Gasteiger partial charge on any atom is 0.321 e. The molecule has 0 saturated heterocycles. The molecule has 5 heteroatoms. The molecule has 0 aromatic rings. The number of hydrogen-bond acceptors (Lipinski definition) is 1. The summed E-state index contributed by atoms with van der Waals surface area (Å²) in [6, 6.07) is 1.76. The monoisotopic (exact) mass is 176 g/mol. The van der Waals surface area contributed by atoms with Crippen LogP contribution in [0, 0.1) is 11.3 Å². The molecule has 0 amide bonds. The molecule has 7 heavy (non-hydrogen) atoms. The Balaban J connectivity index is 3.40. The van der Waals surface area contributed by atoms with Gasteiger partial charge in [0.25, 0.3) is 0 Å². The van der Waals surface area contributed by atoms with E-state index in [-0.39, 0.29) is 6.16 Å². The number of nitriles is 1. The van der Waals surface area contributed by atoms with E-state index < -0.39 is 5.32 Å². The Morgan fingerprint density at radius 3 is 1.86 bits per heavy atom. The molecular weight excluding hydrogens is 175 g/mol. The molecule has 0 bridgehead atoms. The van der Waals surface area contributed by atoms with Crippen molar-refractivity contribution in [3.05, 3.63) is 0 Å². The van der Waals surface area contributed by atoms with Crippen LogP contribution in [0.2, 0.25) is 0 Å². The molecule has 0 aromatic heterocycles. The lowest BCUT2D eigenvalue weighted by Crippen LogP contribution is -1.67. The van der Waals surface area contributed by atoms with Crippen molar-refractivity contribution >= 4 is 39.0 Å². The van der Waals surface area contributed by atoms with Gasteiger partial charge >= 0.3 is 5.32 Å². The first-order chi connectivity index (χ1) is 3.06. The van der Waals surface area contributed by atoms with E-state index in [4.69, 9.17) is 39.0 Å². The largest absolute Gasteiger partial charge is 0.321 e. The van der Waals surface area contributed by atoms with Crippen LogP contribution in [0.4, 0.5) is 0 Å². The second-order valence-electron chi connectivity index (χ2n) is 0.866. The van der Waals surface area contributed by atoms with E-state index in [1.54, 1.807) is 6.07 Å². The fraction of sp³-hybridized carbons (Fsp3) is 0.500. The fourth-order valence-electron chi connectivity index (χ4n) is 0.0802. The lowest BCUT2D eigenvalue weighted by Gasteiger charge is -1.86. The zero-order chi connectivity index (χ0) is 5.91. The summed E-state index contributed by atoms with van der Waals surface area (Å²) in [6.07, 6.45) is 0.0532. The van der Waals surface area contributed by atoms with Crippen molar-refractivity contribution in [1.29, 1.82) is 5.26 Å². The molecule has 40 valence electrons. The lowest BCUT2D eigenvalue weighted by atomic mass is 10.9. The molecule has 0 spiro atoms. The Morgan fingerprint density at radius 1 is 1.43 bits per heavy atom. The minimum absolute atomic E-state index is 0.0532. The predicted octanol–water partition coefficient (Wildman–Crippen LogP) is 2.99. The highest BCUT2D eigenvalue weighted by molar-refractivity contribution is 8.32. The van der Waals surface area contributed by atoms with E-state index in [9.17, 15) is 0 Å². The Morgan fingerprint density at radius 2 is 1.86 bits per heavy atom. The molecular formula is C2H2Cl3NP+. The van der Waals surface area contributed by atoms with Crippen LogP contribution in [0.15, 0.2) is 0 Å². The fourth-order valence-corrected chi connectivity index (χ4v) is 0.722. The average Bonchev–Trinajstić information content (AvgIpc) is 1.30. The summed E-state index contributed by atoms with van der Waals surface area (Å²) in [4.78, 5) is 0. The Bertz CT molecular complexity index is 90.1. The van der Waals surface area contributed by atoms with Gasteiger partial charge < -0.3 is 0 Å². The van der Waals surface area contributed by atoms with Crippen LogP contribution >= 0.6 is 39.0 Å². The minimum atomic E-state index is -2.36. The summed E-state index contributed by atoms with van der Waals surface area (Å²) in [5.41, 5.74) is 0. The highest BCUT2D eigenvalue weighted by Gasteiger charge is 2.31. The maximum atomic E-state index is 7.93. The molecule has 0 fully saturated rings. The molecule has 0 radical (unpaired) electrons. The average molecular weight is 177 g/mol. The van der Waals surface area contributed by atoms with Gasteiger partial charge in [-0.15, -0.1) is 0 Å². The van der Waals surface area contributed by atoms with E-state index in [1.165, 1.54) is 0 Å². The van der Waals surface area contributed by atoms with Crippen molar-refractivity contribution in [3.8, 4) is 6.07 Å². The molecule has 0 aliphatic heterocycles. The number of halogens is 3. The smallest absolute Gasteiger partial charge is 0.194 e. The van der Waals surface area contributed by atoms with Crippen molar-refractivity contribution in [1.82, 2.24) is 0 Å². The summed E-state index contributed by atoms with van der Waals surface area (Å²) >= 11 is 15.8. The first-order valence-corrected chi connectivity index (χ1v) is 6.09. The number of rotatable bonds is 1. The van der Waals surface area contributed by atoms with Gasteiger partial charge in [0.1, 0.15) is 39.8 Å². The van der Waals surface area contributed by atoms with Gasteiger partial charge in [-0.25, -0.2) is 0 Å². The summed E-state index contributed by atoms with van der Waals surface area (Å²) in [5, 5.41) is 5.57. The van der Waals surface area contributed by atoms with Crippen molar-refractivity contribution in [2.45, 2.75) is 0 Å². The van der Waals surface area contributed by atoms with Crippen LogP contribution in [0.25, 0.3) is 0 Å². The van der Waals surface area contributed by atoms with Gasteiger partial charge in [-0.1, -0.05) is 0 Å². The van der Waals surface area contributed by atoms with Crippen molar-refractivity contribution in [3.63, 3.8) is 0 Å². The zero-order valence-electron chi connectivity index (χ0n) is 3.24. The van der Waals surface area contributed by atoms with Crippen LogP contribution < -0.4 is 0 Å². The second-order valence-corrected chi connectivity index (χ2v) is 9.03. The molecule has 0 aliphatic carbocycles. The van der Waals surface area contributed by atoms with Crippen LogP contribution in [-0.4, -0.2) is 6.16 Å². The predicted molar refractivity (Wildman–Crippen MR) is 35.0 cm³/mol. The third-order valence-corrected chi connectivity index (χ3v) is 1.83. The Kier molecular flexibility index (Phi) is 3.28. The molecule has 0 heterocycles. The van der Waals surface area contributed by atoms with E-state index in [0.29, 0.717) is 0 Å². The molecule has 0 rings (SSSR count). The number of nitrogens with zero attached hydrogens (tertiary/aromatic N) is 1. The van der Waals surface area contributed by atoms with Crippen LogP contribution in [-0.2, 0) is 0 Å². The summed E-state index contributed by atoms with van der Waals surface area (Å²) in [5.74, 6) is 0.